The van der Waals surface area contributed by atoms with Crippen molar-refractivity contribution in [3.05, 3.63) is 89.3 Å². The fraction of sp³-hybridized carbons (Fsp3) is 0.200. The van der Waals surface area contributed by atoms with Crippen molar-refractivity contribution < 1.29 is 9.50 Å². The molecule has 25 heavy (non-hydrogen) atoms. The van der Waals surface area contributed by atoms with Crippen LogP contribution in [0.5, 0.6) is 5.75 Å². The van der Waals surface area contributed by atoms with Crippen molar-refractivity contribution >= 4 is 0 Å². The minimum Gasteiger partial charge on any atom is -0.506 e. The number of aromatic nitrogens is 2. The Kier molecular flexibility index (Phi) is 5.36. The summed E-state index contributed by atoms with van der Waals surface area (Å²) in [6.07, 6.45) is 3.52. The summed E-state index contributed by atoms with van der Waals surface area (Å²) in [6, 6.07) is 13.8. The highest BCUT2D eigenvalue weighted by molar-refractivity contribution is 5.28. The van der Waals surface area contributed by atoms with Gasteiger partial charge in [-0.3, -0.25) is 14.9 Å². The van der Waals surface area contributed by atoms with Crippen LogP contribution < -0.4 is 0 Å². The predicted molar refractivity (Wildman–Crippen MR) is 94.2 cm³/mol. The van der Waals surface area contributed by atoms with E-state index in [1.54, 1.807) is 36.7 Å². The first kappa shape index (κ1) is 17.0. The number of nitrogens with zero attached hydrogens (tertiary/aromatic N) is 3. The van der Waals surface area contributed by atoms with Gasteiger partial charge in [0.1, 0.15) is 11.6 Å². The minimum atomic E-state index is -0.248. The molecule has 4 nitrogen and oxygen atoms in total. The summed E-state index contributed by atoms with van der Waals surface area (Å²) >= 11 is 0. The standard InChI is InChI=1S/C20H20FN3O/c1-15-2-7-20(25)19(23-15)14-24(13-17-8-10-22-11-9-17)12-16-3-5-18(21)6-4-16/h2-11,25H,12-14H2,1H3. The molecule has 3 aromatic rings. The zero-order valence-corrected chi connectivity index (χ0v) is 14.1. The predicted octanol–water partition coefficient (Wildman–Crippen LogP) is 3.83. The van der Waals surface area contributed by atoms with Crippen molar-refractivity contribution in [2.24, 2.45) is 0 Å². The van der Waals surface area contributed by atoms with Crippen molar-refractivity contribution in [1.29, 1.82) is 0 Å². The zero-order chi connectivity index (χ0) is 17.6. The van der Waals surface area contributed by atoms with Crippen LogP contribution in [0.3, 0.4) is 0 Å². The van der Waals surface area contributed by atoms with E-state index in [-0.39, 0.29) is 11.6 Å². The largest absolute Gasteiger partial charge is 0.506 e. The molecule has 0 saturated heterocycles. The van der Waals surface area contributed by atoms with Crippen molar-refractivity contribution in [1.82, 2.24) is 14.9 Å². The maximum atomic E-state index is 13.2. The molecule has 0 spiro atoms. The molecule has 3 rings (SSSR count). The van der Waals surface area contributed by atoms with Gasteiger partial charge in [0.2, 0.25) is 0 Å². The van der Waals surface area contributed by atoms with E-state index in [1.165, 1.54) is 12.1 Å². The second-order valence-electron chi connectivity index (χ2n) is 6.05. The third-order valence-corrected chi connectivity index (χ3v) is 3.94. The van der Waals surface area contributed by atoms with Crippen LogP contribution in [0, 0.1) is 12.7 Å². The number of pyridine rings is 2. The topological polar surface area (TPSA) is 49.2 Å². The van der Waals surface area contributed by atoms with Gasteiger partial charge in [-0.15, -0.1) is 0 Å². The molecule has 2 aromatic heterocycles. The molecule has 0 unspecified atom stereocenters. The number of rotatable bonds is 6. The van der Waals surface area contributed by atoms with Crippen LogP contribution >= 0.6 is 0 Å². The smallest absolute Gasteiger partial charge is 0.138 e. The lowest BCUT2D eigenvalue weighted by Crippen LogP contribution is -2.23. The van der Waals surface area contributed by atoms with Crippen LogP contribution in [0.25, 0.3) is 0 Å². The van der Waals surface area contributed by atoms with Gasteiger partial charge < -0.3 is 5.11 Å². The number of benzene rings is 1. The summed E-state index contributed by atoms with van der Waals surface area (Å²) < 4.78 is 13.2. The molecule has 5 heteroatoms. The first-order valence-corrected chi connectivity index (χ1v) is 8.11. The Balaban J connectivity index is 1.82. The van der Waals surface area contributed by atoms with Crippen molar-refractivity contribution in [2.45, 2.75) is 26.6 Å². The molecule has 0 amide bonds. The van der Waals surface area contributed by atoms with E-state index in [0.29, 0.717) is 25.3 Å². The molecule has 1 N–H and O–H groups in total. The van der Waals surface area contributed by atoms with Crippen LogP contribution in [-0.2, 0) is 19.6 Å². The van der Waals surface area contributed by atoms with E-state index in [9.17, 15) is 9.50 Å². The van der Waals surface area contributed by atoms with Gasteiger partial charge in [-0.2, -0.15) is 0 Å². The quantitative estimate of drug-likeness (QED) is 0.743. The van der Waals surface area contributed by atoms with Crippen LogP contribution in [-0.4, -0.2) is 20.0 Å². The van der Waals surface area contributed by atoms with Crippen LogP contribution in [0.2, 0.25) is 0 Å². The van der Waals surface area contributed by atoms with Gasteiger partial charge in [-0.1, -0.05) is 12.1 Å². The first-order valence-electron chi connectivity index (χ1n) is 8.11. The van der Waals surface area contributed by atoms with E-state index >= 15 is 0 Å². The van der Waals surface area contributed by atoms with Crippen LogP contribution in [0.4, 0.5) is 4.39 Å². The van der Waals surface area contributed by atoms with Gasteiger partial charge in [0.05, 0.1) is 5.69 Å². The fourth-order valence-electron chi connectivity index (χ4n) is 2.69. The Morgan fingerprint density at radius 1 is 0.880 bits per heavy atom. The Labute approximate surface area is 146 Å². The maximum Gasteiger partial charge on any atom is 0.138 e. The molecule has 0 aliphatic carbocycles. The summed E-state index contributed by atoms with van der Waals surface area (Å²) in [5.74, 6) is -0.0631. The molecular formula is C20H20FN3O. The fourth-order valence-corrected chi connectivity index (χ4v) is 2.69. The van der Waals surface area contributed by atoms with Gasteiger partial charge in [-0.05, 0) is 54.4 Å². The van der Waals surface area contributed by atoms with E-state index < -0.39 is 0 Å². The summed E-state index contributed by atoms with van der Waals surface area (Å²) in [7, 11) is 0. The number of aryl methyl sites for hydroxylation is 1. The first-order chi connectivity index (χ1) is 12.1. The van der Waals surface area contributed by atoms with Crippen molar-refractivity contribution in [2.75, 3.05) is 0 Å². The number of halogens is 1. The van der Waals surface area contributed by atoms with E-state index in [2.05, 4.69) is 14.9 Å². The molecule has 0 atom stereocenters. The van der Waals surface area contributed by atoms with Crippen LogP contribution in [0.1, 0.15) is 22.5 Å². The van der Waals surface area contributed by atoms with Gasteiger partial charge in [-0.25, -0.2) is 4.39 Å². The van der Waals surface area contributed by atoms with Crippen LogP contribution in [0.15, 0.2) is 60.9 Å². The highest BCUT2D eigenvalue weighted by Crippen LogP contribution is 2.20. The third kappa shape index (κ3) is 4.84. The highest BCUT2D eigenvalue weighted by Gasteiger charge is 2.12. The summed E-state index contributed by atoms with van der Waals surface area (Å²) in [5.41, 5.74) is 3.61. The monoisotopic (exact) mass is 337 g/mol. The Morgan fingerprint density at radius 3 is 2.20 bits per heavy atom. The second-order valence-corrected chi connectivity index (χ2v) is 6.05. The number of hydrogen-bond acceptors (Lipinski definition) is 4. The van der Waals surface area contributed by atoms with Gasteiger partial charge in [0, 0.05) is 37.7 Å². The molecule has 0 aliphatic rings. The molecule has 128 valence electrons. The Bertz CT molecular complexity index is 822. The highest BCUT2D eigenvalue weighted by atomic mass is 19.1. The lowest BCUT2D eigenvalue weighted by atomic mass is 10.1. The molecule has 0 fully saturated rings. The van der Waals surface area contributed by atoms with Gasteiger partial charge >= 0.3 is 0 Å². The molecule has 0 saturated carbocycles. The van der Waals surface area contributed by atoms with Gasteiger partial charge in [0.15, 0.2) is 0 Å². The van der Waals surface area contributed by atoms with Crippen molar-refractivity contribution in [3.8, 4) is 5.75 Å². The molecule has 0 radical (unpaired) electrons. The Hall–Kier alpha value is -2.79. The SMILES string of the molecule is Cc1ccc(O)c(CN(Cc2ccncc2)Cc2ccc(F)cc2)n1. The van der Waals surface area contributed by atoms with E-state index in [4.69, 9.17) is 0 Å². The molecule has 1 aromatic carbocycles. The van der Waals surface area contributed by atoms with Gasteiger partial charge in [0.25, 0.3) is 0 Å². The summed E-state index contributed by atoms with van der Waals surface area (Å²) in [6.45, 7) is 3.69. The maximum absolute atomic E-state index is 13.2. The van der Waals surface area contributed by atoms with E-state index in [1.807, 2.05) is 19.1 Å². The van der Waals surface area contributed by atoms with Crippen molar-refractivity contribution in [3.63, 3.8) is 0 Å². The number of aromatic hydroxyl groups is 1. The normalized spacial score (nSPS) is 11.0. The molecule has 0 bridgehead atoms. The molecule has 0 aliphatic heterocycles. The Morgan fingerprint density at radius 2 is 1.52 bits per heavy atom. The van der Waals surface area contributed by atoms with E-state index in [0.717, 1.165) is 16.8 Å². The average molecular weight is 337 g/mol. The second kappa shape index (κ2) is 7.85. The lowest BCUT2D eigenvalue weighted by molar-refractivity contribution is 0.240. The molecular weight excluding hydrogens is 317 g/mol. The summed E-state index contributed by atoms with van der Waals surface area (Å²) in [5, 5.41) is 10.1. The summed E-state index contributed by atoms with van der Waals surface area (Å²) in [4.78, 5) is 10.6. The number of hydrogen-bond donors (Lipinski definition) is 1. The molecule has 2 heterocycles. The lowest BCUT2D eigenvalue weighted by Gasteiger charge is -2.23. The minimum absolute atomic E-state index is 0.185. The average Bonchev–Trinajstić information content (AvgIpc) is 2.61. The third-order valence-electron chi connectivity index (χ3n) is 3.94. The zero-order valence-electron chi connectivity index (χ0n) is 14.1.